The first kappa shape index (κ1) is 33.6. The summed E-state index contributed by atoms with van der Waals surface area (Å²) in [6.45, 7) is 13.5. The van der Waals surface area contributed by atoms with Crippen molar-refractivity contribution in [3.8, 4) is 5.75 Å². The van der Waals surface area contributed by atoms with E-state index in [-0.39, 0.29) is 11.9 Å². The molecule has 1 aliphatic rings. The molecular formula is C36H49N3O5. The molecule has 1 fully saturated rings. The van der Waals surface area contributed by atoms with Crippen LogP contribution in [0.25, 0.3) is 0 Å². The van der Waals surface area contributed by atoms with Gasteiger partial charge in [-0.2, -0.15) is 0 Å². The number of piperazine rings is 1. The largest absolute Gasteiger partial charge is 0.491 e. The van der Waals surface area contributed by atoms with Crippen molar-refractivity contribution in [3.63, 3.8) is 0 Å². The summed E-state index contributed by atoms with van der Waals surface area (Å²) in [4.78, 5) is 19.9. The highest BCUT2D eigenvalue weighted by molar-refractivity contribution is 5.94. The van der Waals surface area contributed by atoms with Gasteiger partial charge in [-0.1, -0.05) is 54.6 Å². The van der Waals surface area contributed by atoms with Crippen LogP contribution in [0, 0.1) is 0 Å². The Labute approximate surface area is 263 Å². The Morgan fingerprint density at radius 2 is 1.41 bits per heavy atom. The van der Waals surface area contributed by atoms with E-state index in [1.54, 1.807) is 7.11 Å². The molecule has 3 aromatic rings. The smallest absolute Gasteiger partial charge is 0.253 e. The van der Waals surface area contributed by atoms with Gasteiger partial charge in [0.2, 0.25) is 0 Å². The van der Waals surface area contributed by atoms with Gasteiger partial charge in [0.1, 0.15) is 12.4 Å². The van der Waals surface area contributed by atoms with Crippen molar-refractivity contribution in [2.45, 2.75) is 26.4 Å². The lowest BCUT2D eigenvalue weighted by molar-refractivity contribution is 0.0179. The number of amides is 1. The molecule has 0 radical (unpaired) electrons. The number of benzene rings is 3. The Kier molecular flexibility index (Phi) is 14.1. The summed E-state index contributed by atoms with van der Waals surface area (Å²) in [6.07, 6.45) is 0. The van der Waals surface area contributed by atoms with Gasteiger partial charge in [0.15, 0.2) is 0 Å². The molecule has 0 aliphatic carbocycles. The maximum Gasteiger partial charge on any atom is 0.253 e. The van der Waals surface area contributed by atoms with E-state index in [2.05, 4.69) is 70.5 Å². The predicted molar refractivity (Wildman–Crippen MR) is 174 cm³/mol. The average molecular weight is 604 g/mol. The van der Waals surface area contributed by atoms with E-state index < -0.39 is 0 Å². The summed E-state index contributed by atoms with van der Waals surface area (Å²) in [5.74, 6) is 0.898. The van der Waals surface area contributed by atoms with Crippen molar-refractivity contribution in [3.05, 3.63) is 101 Å². The van der Waals surface area contributed by atoms with Gasteiger partial charge >= 0.3 is 0 Å². The zero-order valence-corrected chi connectivity index (χ0v) is 26.7. The third-order valence-corrected chi connectivity index (χ3v) is 8.02. The van der Waals surface area contributed by atoms with E-state index in [9.17, 15) is 4.79 Å². The molecule has 0 N–H and O–H groups in total. The second-order valence-corrected chi connectivity index (χ2v) is 10.9. The van der Waals surface area contributed by atoms with Gasteiger partial charge in [-0.15, -0.1) is 0 Å². The maximum atomic E-state index is 13.0. The van der Waals surface area contributed by atoms with E-state index >= 15 is 0 Å². The third-order valence-electron chi connectivity index (χ3n) is 8.02. The minimum absolute atomic E-state index is 0.0514. The van der Waals surface area contributed by atoms with Gasteiger partial charge in [0.25, 0.3) is 5.91 Å². The van der Waals surface area contributed by atoms with Crippen LogP contribution in [0.3, 0.4) is 0 Å². The summed E-state index contributed by atoms with van der Waals surface area (Å²) >= 11 is 0. The molecule has 8 nitrogen and oxygen atoms in total. The van der Waals surface area contributed by atoms with Gasteiger partial charge in [-0.05, 0) is 54.8 Å². The van der Waals surface area contributed by atoms with Gasteiger partial charge in [0.05, 0.1) is 39.1 Å². The minimum atomic E-state index is 0.0514. The van der Waals surface area contributed by atoms with E-state index in [1.807, 2.05) is 36.9 Å². The van der Waals surface area contributed by atoms with Crippen LogP contribution in [0.4, 0.5) is 0 Å². The number of methoxy groups -OCH3 is 1. The number of ether oxygens (including phenoxy) is 4. The normalized spacial score (nSPS) is 14.8. The van der Waals surface area contributed by atoms with Crippen LogP contribution in [0.15, 0.2) is 78.9 Å². The van der Waals surface area contributed by atoms with Crippen molar-refractivity contribution in [1.82, 2.24) is 14.7 Å². The topological polar surface area (TPSA) is 63.7 Å². The standard InChI is InChI=1S/C36H49N3O5/c1-4-38(5-2)36(40)32-16-14-31(15-17-32)35(39-20-18-37(19-21-39)29-30-10-7-6-8-11-30)33-12-9-13-34(28-33)44-27-26-43-25-24-42-23-22-41-3/h6-17,28,35H,4-5,18-27,29H2,1-3H3/t35-/m1/s1. The van der Waals surface area contributed by atoms with Crippen molar-refractivity contribution in [2.75, 3.05) is 86.0 Å². The molecule has 1 amide bonds. The fourth-order valence-corrected chi connectivity index (χ4v) is 5.59. The lowest BCUT2D eigenvalue weighted by Crippen LogP contribution is -2.47. The van der Waals surface area contributed by atoms with Crippen LogP contribution in [-0.2, 0) is 20.8 Å². The van der Waals surface area contributed by atoms with E-state index in [4.69, 9.17) is 18.9 Å². The zero-order valence-electron chi connectivity index (χ0n) is 26.7. The van der Waals surface area contributed by atoms with Crippen LogP contribution in [0.1, 0.15) is 46.9 Å². The van der Waals surface area contributed by atoms with Crippen LogP contribution in [0.5, 0.6) is 5.75 Å². The third kappa shape index (κ3) is 10.1. The fourth-order valence-electron chi connectivity index (χ4n) is 5.59. The minimum Gasteiger partial charge on any atom is -0.491 e. The molecule has 8 heteroatoms. The highest BCUT2D eigenvalue weighted by atomic mass is 16.6. The highest BCUT2D eigenvalue weighted by Crippen LogP contribution is 2.32. The number of carbonyl (C=O) groups is 1. The van der Waals surface area contributed by atoms with Crippen molar-refractivity contribution in [1.29, 1.82) is 0 Å². The highest BCUT2D eigenvalue weighted by Gasteiger charge is 2.27. The second kappa shape index (κ2) is 18.5. The average Bonchev–Trinajstić information content (AvgIpc) is 3.06. The zero-order chi connectivity index (χ0) is 31.0. The summed E-state index contributed by atoms with van der Waals surface area (Å²) in [5.41, 5.74) is 4.42. The van der Waals surface area contributed by atoms with Gasteiger partial charge < -0.3 is 23.8 Å². The SMILES string of the molecule is CCN(CC)C(=O)c1ccc([C@H](c2cccc(OCCOCCOCCOC)c2)N2CCN(Cc3ccccc3)CC2)cc1. The van der Waals surface area contributed by atoms with Crippen molar-refractivity contribution >= 4 is 5.91 Å². The molecule has 1 atom stereocenters. The molecule has 0 saturated carbocycles. The van der Waals surface area contributed by atoms with Crippen LogP contribution in [-0.4, -0.2) is 107 Å². The molecule has 44 heavy (non-hydrogen) atoms. The number of hydrogen-bond donors (Lipinski definition) is 0. The molecule has 0 spiro atoms. The molecule has 0 unspecified atom stereocenters. The first-order chi connectivity index (χ1) is 21.6. The lowest BCUT2D eigenvalue weighted by atomic mass is 9.95. The van der Waals surface area contributed by atoms with E-state index in [1.165, 1.54) is 16.7 Å². The Balaban J connectivity index is 1.43. The van der Waals surface area contributed by atoms with Crippen molar-refractivity contribution < 1.29 is 23.7 Å². The molecular weight excluding hydrogens is 554 g/mol. The second-order valence-electron chi connectivity index (χ2n) is 10.9. The van der Waals surface area contributed by atoms with Crippen LogP contribution < -0.4 is 4.74 Å². The Morgan fingerprint density at radius 1 is 0.750 bits per heavy atom. The monoisotopic (exact) mass is 603 g/mol. The molecule has 4 rings (SSSR count). The Bertz CT molecular complexity index is 1230. The Hall–Kier alpha value is -3.27. The van der Waals surface area contributed by atoms with Gasteiger partial charge in [-0.3, -0.25) is 14.6 Å². The number of carbonyl (C=O) groups excluding carboxylic acids is 1. The van der Waals surface area contributed by atoms with E-state index in [0.29, 0.717) is 52.7 Å². The molecule has 0 aromatic heterocycles. The molecule has 238 valence electrons. The summed E-state index contributed by atoms with van der Waals surface area (Å²) < 4.78 is 22.2. The molecule has 1 heterocycles. The first-order valence-electron chi connectivity index (χ1n) is 15.9. The quantitative estimate of drug-likeness (QED) is 0.187. The molecule has 3 aromatic carbocycles. The number of hydrogen-bond acceptors (Lipinski definition) is 7. The number of nitrogens with zero attached hydrogens (tertiary/aromatic N) is 3. The molecule has 1 aliphatic heterocycles. The number of rotatable bonds is 18. The van der Waals surface area contributed by atoms with Crippen LogP contribution >= 0.6 is 0 Å². The summed E-state index contributed by atoms with van der Waals surface area (Å²) in [7, 11) is 1.66. The first-order valence-corrected chi connectivity index (χ1v) is 15.9. The van der Waals surface area contributed by atoms with Crippen molar-refractivity contribution in [2.24, 2.45) is 0 Å². The molecule has 1 saturated heterocycles. The fraction of sp³-hybridized carbons (Fsp3) is 0.472. The summed E-state index contributed by atoms with van der Waals surface area (Å²) in [5, 5.41) is 0. The van der Waals surface area contributed by atoms with Crippen LogP contribution in [0.2, 0.25) is 0 Å². The molecule has 0 bridgehead atoms. The maximum absolute atomic E-state index is 13.0. The summed E-state index contributed by atoms with van der Waals surface area (Å²) in [6, 6.07) is 27.3. The lowest BCUT2D eigenvalue weighted by Gasteiger charge is -2.40. The Morgan fingerprint density at radius 3 is 2.07 bits per heavy atom. The van der Waals surface area contributed by atoms with Gasteiger partial charge in [-0.25, -0.2) is 0 Å². The predicted octanol–water partition coefficient (Wildman–Crippen LogP) is 5.13. The van der Waals surface area contributed by atoms with Gasteiger partial charge in [0, 0.05) is 58.5 Å². The van der Waals surface area contributed by atoms with E-state index in [0.717, 1.165) is 44.0 Å².